The zero-order valence-corrected chi connectivity index (χ0v) is 21.4. The van der Waals surface area contributed by atoms with Gasteiger partial charge in [0.05, 0.1) is 23.8 Å². The molecule has 2 aromatic rings. The summed E-state index contributed by atoms with van der Waals surface area (Å²) in [5.41, 5.74) is 0.403. The molecule has 36 heavy (non-hydrogen) atoms. The van der Waals surface area contributed by atoms with E-state index in [0.717, 1.165) is 38.8 Å². The van der Waals surface area contributed by atoms with Gasteiger partial charge in [-0.05, 0) is 107 Å². The normalized spacial score (nSPS) is 19.3. The number of hydrogen-bond donors (Lipinski definition) is 0. The number of alkyl halides is 1. The quantitative estimate of drug-likeness (QED) is 0.485. The van der Waals surface area contributed by atoms with Crippen LogP contribution in [0.1, 0.15) is 62.4 Å². The predicted molar refractivity (Wildman–Crippen MR) is 136 cm³/mol. The first-order valence-electron chi connectivity index (χ1n) is 12.8. The van der Waals surface area contributed by atoms with Crippen molar-refractivity contribution >= 4 is 5.91 Å². The molecule has 192 valence electrons. The van der Waals surface area contributed by atoms with Crippen LogP contribution in [0.5, 0.6) is 5.75 Å². The first-order valence-corrected chi connectivity index (χ1v) is 12.8. The summed E-state index contributed by atoms with van der Waals surface area (Å²) in [6.45, 7) is 8.53. The Bertz CT molecular complexity index is 1130. The summed E-state index contributed by atoms with van der Waals surface area (Å²) in [6, 6.07) is 12.1. The highest BCUT2D eigenvalue weighted by molar-refractivity contribution is 5.95. The summed E-state index contributed by atoms with van der Waals surface area (Å²) in [6.07, 6.45) is 3.75. The number of piperidine rings is 1. The van der Waals surface area contributed by atoms with Gasteiger partial charge in [-0.25, -0.2) is 8.78 Å². The molecule has 7 heteroatoms. The van der Waals surface area contributed by atoms with Gasteiger partial charge in [0.2, 0.25) is 0 Å². The van der Waals surface area contributed by atoms with Gasteiger partial charge in [0.15, 0.2) is 0 Å². The zero-order valence-electron chi connectivity index (χ0n) is 21.4. The van der Waals surface area contributed by atoms with Crippen molar-refractivity contribution in [3.63, 3.8) is 0 Å². The van der Waals surface area contributed by atoms with E-state index < -0.39 is 11.5 Å². The minimum Gasteiger partial charge on any atom is -0.493 e. The number of amides is 1. The number of nitrogens with zero attached hydrogens (tertiary/aromatic N) is 3. The van der Waals surface area contributed by atoms with E-state index in [1.54, 1.807) is 43.0 Å². The lowest BCUT2D eigenvalue weighted by Gasteiger charge is -2.34. The number of halogens is 2. The van der Waals surface area contributed by atoms with Gasteiger partial charge >= 0.3 is 0 Å². The second-order valence-electron chi connectivity index (χ2n) is 10.8. The van der Waals surface area contributed by atoms with E-state index in [0.29, 0.717) is 48.1 Å². The Morgan fingerprint density at radius 3 is 2.50 bits per heavy atom. The second kappa shape index (κ2) is 11.0. The topological polar surface area (TPSA) is 56.6 Å². The lowest BCUT2D eigenvalue weighted by Crippen LogP contribution is -2.41. The van der Waals surface area contributed by atoms with Gasteiger partial charge in [0.25, 0.3) is 5.91 Å². The van der Waals surface area contributed by atoms with Crippen molar-refractivity contribution < 1.29 is 18.3 Å². The monoisotopic (exact) mass is 495 g/mol. The molecule has 1 unspecified atom stereocenters. The number of nitriles is 1. The van der Waals surface area contributed by atoms with Gasteiger partial charge in [0, 0.05) is 19.1 Å². The summed E-state index contributed by atoms with van der Waals surface area (Å²) >= 11 is 0. The van der Waals surface area contributed by atoms with Crippen molar-refractivity contribution in [2.24, 2.45) is 5.92 Å². The van der Waals surface area contributed by atoms with Crippen LogP contribution in [0.4, 0.5) is 8.78 Å². The molecule has 2 aliphatic heterocycles. The molecule has 1 atom stereocenters. The van der Waals surface area contributed by atoms with Gasteiger partial charge < -0.3 is 14.5 Å². The smallest absolute Gasteiger partial charge is 0.257 e. The zero-order chi connectivity index (χ0) is 25.9. The van der Waals surface area contributed by atoms with Gasteiger partial charge in [-0.15, -0.1) is 0 Å². The molecule has 2 heterocycles. The predicted octanol–water partition coefficient (Wildman–Crippen LogP) is 5.83. The third-order valence-electron chi connectivity index (χ3n) is 7.23. The molecule has 0 aromatic heterocycles. The van der Waals surface area contributed by atoms with E-state index in [2.05, 4.69) is 11.0 Å². The highest BCUT2D eigenvalue weighted by Gasteiger charge is 2.28. The molecule has 5 nitrogen and oxygen atoms in total. The Morgan fingerprint density at radius 2 is 1.89 bits per heavy atom. The largest absolute Gasteiger partial charge is 0.493 e. The molecule has 2 aromatic carbocycles. The van der Waals surface area contributed by atoms with Crippen molar-refractivity contribution in [1.82, 2.24) is 9.80 Å². The molecule has 0 N–H and O–H groups in total. The van der Waals surface area contributed by atoms with Crippen LogP contribution >= 0.6 is 0 Å². The first-order chi connectivity index (χ1) is 17.1. The van der Waals surface area contributed by atoms with Crippen LogP contribution in [-0.2, 0) is 0 Å². The summed E-state index contributed by atoms with van der Waals surface area (Å²) in [5, 5.41) is 9.73. The highest BCUT2D eigenvalue weighted by atomic mass is 19.1. The van der Waals surface area contributed by atoms with Crippen LogP contribution < -0.4 is 4.74 Å². The van der Waals surface area contributed by atoms with E-state index in [9.17, 15) is 18.8 Å². The fraction of sp³-hybridized carbons (Fsp3) is 0.517. The Balaban J connectivity index is 1.39. The molecule has 0 radical (unpaired) electrons. The van der Waals surface area contributed by atoms with Gasteiger partial charge in [-0.2, -0.15) is 5.26 Å². The first kappa shape index (κ1) is 26.1. The minimum absolute atomic E-state index is 0.0621. The number of carbonyl (C=O) groups excluding carboxylic acids is 1. The third-order valence-corrected chi connectivity index (χ3v) is 7.23. The fourth-order valence-corrected chi connectivity index (χ4v) is 5.26. The Morgan fingerprint density at radius 1 is 1.14 bits per heavy atom. The number of likely N-dealkylation sites (tertiary alicyclic amines) is 2. The van der Waals surface area contributed by atoms with E-state index in [4.69, 9.17) is 4.74 Å². The number of carbonyl (C=O) groups is 1. The molecular formula is C29H35F2N3O2. The summed E-state index contributed by atoms with van der Waals surface area (Å²) in [4.78, 5) is 16.6. The van der Waals surface area contributed by atoms with Gasteiger partial charge in [-0.3, -0.25) is 4.79 Å². The molecule has 0 aliphatic carbocycles. The molecular weight excluding hydrogens is 460 g/mol. The number of rotatable bonds is 7. The molecule has 2 fully saturated rings. The van der Waals surface area contributed by atoms with Crippen LogP contribution in [-0.4, -0.2) is 60.2 Å². The minimum atomic E-state index is -1.19. The molecule has 4 rings (SSSR count). The highest BCUT2D eigenvalue weighted by Crippen LogP contribution is 2.30. The van der Waals surface area contributed by atoms with Crippen LogP contribution in [0.3, 0.4) is 0 Å². The number of hydrogen-bond acceptors (Lipinski definition) is 4. The van der Waals surface area contributed by atoms with E-state index in [1.165, 1.54) is 12.1 Å². The molecule has 2 aliphatic rings. The number of ether oxygens (including phenoxy) is 1. The van der Waals surface area contributed by atoms with Crippen molar-refractivity contribution in [3.8, 4) is 22.9 Å². The standard InChI is InChI=1S/C29H35F2N3O2/c1-20-5-4-12-34(20)28(35)26-8-6-22(16-27(26)30)25-9-7-24(15-23(25)17-32)36-18-21-10-13-33(14-11-21)19-29(2,3)31/h6-9,15-16,20-21H,4-5,10-14,18-19H2,1-3H3. The van der Waals surface area contributed by atoms with Gasteiger partial charge in [0.1, 0.15) is 17.2 Å². The van der Waals surface area contributed by atoms with Crippen molar-refractivity contribution in [3.05, 3.63) is 53.3 Å². The van der Waals surface area contributed by atoms with E-state index in [-0.39, 0.29) is 17.5 Å². The lowest BCUT2D eigenvalue weighted by atomic mass is 9.96. The molecule has 0 saturated carbocycles. The Kier molecular flexibility index (Phi) is 7.94. The van der Waals surface area contributed by atoms with Crippen LogP contribution in [0.15, 0.2) is 36.4 Å². The van der Waals surface area contributed by atoms with E-state index >= 15 is 0 Å². The van der Waals surface area contributed by atoms with Crippen molar-refractivity contribution in [2.75, 3.05) is 32.8 Å². The fourth-order valence-electron chi connectivity index (χ4n) is 5.26. The second-order valence-corrected chi connectivity index (χ2v) is 10.8. The third kappa shape index (κ3) is 6.22. The Hall–Kier alpha value is -2.98. The summed E-state index contributed by atoms with van der Waals surface area (Å²) in [5.74, 6) is 0.112. The number of benzene rings is 2. The molecule has 2 saturated heterocycles. The maximum Gasteiger partial charge on any atom is 0.257 e. The SMILES string of the molecule is CC1CCCN1C(=O)c1ccc(-c2ccc(OCC3CCN(CC(C)(C)F)CC3)cc2C#N)cc1F. The maximum atomic E-state index is 14.9. The average Bonchev–Trinajstić information content (AvgIpc) is 3.27. The van der Waals surface area contributed by atoms with Gasteiger partial charge in [-0.1, -0.05) is 6.07 Å². The molecule has 1 amide bonds. The maximum absolute atomic E-state index is 14.9. The Labute approximate surface area is 212 Å². The lowest BCUT2D eigenvalue weighted by molar-refractivity contribution is 0.0742. The van der Waals surface area contributed by atoms with E-state index in [1.807, 2.05) is 6.92 Å². The van der Waals surface area contributed by atoms with Crippen LogP contribution in [0, 0.1) is 23.1 Å². The van der Waals surface area contributed by atoms with Crippen molar-refractivity contribution in [1.29, 1.82) is 5.26 Å². The molecule has 0 bridgehead atoms. The van der Waals surface area contributed by atoms with Crippen LogP contribution in [0.25, 0.3) is 11.1 Å². The van der Waals surface area contributed by atoms with Crippen LogP contribution in [0.2, 0.25) is 0 Å². The van der Waals surface area contributed by atoms with Crippen molar-refractivity contribution in [2.45, 2.75) is 58.2 Å². The summed E-state index contributed by atoms with van der Waals surface area (Å²) in [7, 11) is 0. The summed E-state index contributed by atoms with van der Waals surface area (Å²) < 4.78 is 34.8. The average molecular weight is 496 g/mol. The molecule has 0 spiro atoms.